The molecular weight excluding hydrogens is 298 g/mol. The molecule has 0 amide bonds. The van der Waals surface area contributed by atoms with Crippen molar-refractivity contribution in [3.63, 3.8) is 0 Å². The molecule has 0 aliphatic carbocycles. The van der Waals surface area contributed by atoms with E-state index in [1.807, 2.05) is 0 Å². The van der Waals surface area contributed by atoms with Crippen molar-refractivity contribution in [3.8, 4) is 0 Å². The topological polar surface area (TPSA) is 43.6 Å². The van der Waals surface area contributed by atoms with Gasteiger partial charge in [-0.05, 0) is 25.1 Å². The first-order chi connectivity index (χ1) is 10.1. The summed E-state index contributed by atoms with van der Waals surface area (Å²) in [6.45, 7) is 2.02. The normalized spacial score (nSPS) is 12.8. The van der Waals surface area contributed by atoms with E-state index in [1.54, 1.807) is 29.8 Å². The lowest BCUT2D eigenvalue weighted by Crippen LogP contribution is -2.07. The predicted molar refractivity (Wildman–Crippen MR) is 75.1 cm³/mol. The molecule has 108 valence electrons. The van der Waals surface area contributed by atoms with Crippen LogP contribution >= 0.6 is 11.6 Å². The van der Waals surface area contributed by atoms with Gasteiger partial charge in [0, 0.05) is 12.3 Å². The third kappa shape index (κ3) is 2.58. The molecule has 1 atom stereocenters. The monoisotopic (exact) mass is 308 g/mol. The van der Waals surface area contributed by atoms with E-state index in [-0.39, 0.29) is 5.52 Å². The van der Waals surface area contributed by atoms with Crippen LogP contribution < -0.4 is 0 Å². The number of halogens is 3. The van der Waals surface area contributed by atoms with Gasteiger partial charge in [-0.2, -0.15) is 10.2 Å². The van der Waals surface area contributed by atoms with E-state index in [1.165, 1.54) is 6.07 Å². The zero-order valence-corrected chi connectivity index (χ0v) is 11.8. The fourth-order valence-corrected chi connectivity index (χ4v) is 2.38. The lowest BCUT2D eigenvalue weighted by atomic mass is 10.3. The molecule has 2 heterocycles. The molecule has 0 aliphatic rings. The Morgan fingerprint density at radius 2 is 2.14 bits per heavy atom. The molecule has 7 heteroatoms. The average Bonchev–Trinajstić information content (AvgIpc) is 2.79. The summed E-state index contributed by atoms with van der Waals surface area (Å²) >= 11 is 6.10. The Balaban J connectivity index is 2.21. The van der Waals surface area contributed by atoms with Crippen molar-refractivity contribution >= 4 is 22.6 Å². The van der Waals surface area contributed by atoms with Gasteiger partial charge in [0.25, 0.3) is 0 Å². The average molecular weight is 309 g/mol. The highest BCUT2D eigenvalue weighted by atomic mass is 35.5. The van der Waals surface area contributed by atoms with Crippen molar-refractivity contribution in [2.75, 3.05) is 0 Å². The first-order valence-electron chi connectivity index (χ1n) is 6.32. The predicted octanol–water partition coefficient (Wildman–Crippen LogP) is 3.45. The fraction of sp³-hybridized carbons (Fsp3) is 0.214. The van der Waals surface area contributed by atoms with E-state index >= 15 is 0 Å². The maximum absolute atomic E-state index is 13.9. The largest absolute Gasteiger partial charge is 0.320 e. The Morgan fingerprint density at radius 1 is 1.33 bits per heavy atom. The van der Waals surface area contributed by atoms with E-state index in [0.29, 0.717) is 23.6 Å². The van der Waals surface area contributed by atoms with E-state index in [2.05, 4.69) is 15.2 Å². The molecule has 1 aromatic carbocycles. The van der Waals surface area contributed by atoms with Crippen molar-refractivity contribution in [2.45, 2.75) is 18.8 Å². The molecule has 0 saturated heterocycles. The second-order valence-electron chi connectivity index (χ2n) is 4.64. The van der Waals surface area contributed by atoms with Gasteiger partial charge in [0.15, 0.2) is 5.82 Å². The molecule has 1 unspecified atom stereocenters. The molecular formula is C14H11ClF2N4. The zero-order chi connectivity index (χ0) is 15.0. The molecule has 2 aromatic heterocycles. The summed E-state index contributed by atoms with van der Waals surface area (Å²) < 4.78 is 29.0. The molecule has 0 fully saturated rings. The Morgan fingerprint density at radius 3 is 2.81 bits per heavy atom. The molecule has 0 N–H and O–H groups in total. The van der Waals surface area contributed by atoms with Crippen molar-refractivity contribution in [2.24, 2.45) is 0 Å². The molecule has 0 saturated carbocycles. The minimum absolute atomic E-state index is 0.0998. The lowest BCUT2D eigenvalue weighted by molar-refractivity contribution is 0.590. The van der Waals surface area contributed by atoms with Gasteiger partial charge in [-0.25, -0.2) is 13.8 Å². The smallest absolute Gasteiger partial charge is 0.153 e. The van der Waals surface area contributed by atoms with Crippen LogP contribution in [0.25, 0.3) is 11.0 Å². The van der Waals surface area contributed by atoms with Crippen molar-refractivity contribution in [3.05, 3.63) is 53.6 Å². The second kappa shape index (κ2) is 5.37. The van der Waals surface area contributed by atoms with Crippen LogP contribution in [-0.2, 0) is 6.54 Å². The molecule has 3 rings (SSSR count). The molecule has 0 bridgehead atoms. The Bertz CT molecular complexity index is 787. The van der Waals surface area contributed by atoms with Crippen LogP contribution in [0.15, 0.2) is 30.5 Å². The third-order valence-corrected chi connectivity index (χ3v) is 3.30. The van der Waals surface area contributed by atoms with Crippen LogP contribution in [0.5, 0.6) is 0 Å². The molecule has 0 radical (unpaired) electrons. The van der Waals surface area contributed by atoms with Gasteiger partial charge in [-0.3, -0.25) is 0 Å². The molecule has 0 spiro atoms. The highest BCUT2D eigenvalue weighted by Gasteiger charge is 2.19. The molecule has 4 nitrogen and oxygen atoms in total. The summed E-state index contributed by atoms with van der Waals surface area (Å²) in [5.41, 5.74) is 1.10. The summed E-state index contributed by atoms with van der Waals surface area (Å²) in [7, 11) is 0. The first kappa shape index (κ1) is 13.9. The van der Waals surface area contributed by atoms with Crippen LogP contribution in [0, 0.1) is 11.6 Å². The highest BCUT2D eigenvalue weighted by Crippen LogP contribution is 2.27. The SMILES string of the molecule is CC(Cl)c1nc2c(F)cc(F)cc2n1Cc1cccnn1. The fourth-order valence-electron chi connectivity index (χ4n) is 2.22. The van der Waals surface area contributed by atoms with Gasteiger partial charge in [0.1, 0.15) is 17.2 Å². The van der Waals surface area contributed by atoms with Crippen LogP contribution in [0.2, 0.25) is 0 Å². The van der Waals surface area contributed by atoms with E-state index in [9.17, 15) is 8.78 Å². The van der Waals surface area contributed by atoms with Crippen LogP contribution in [0.4, 0.5) is 8.78 Å². The van der Waals surface area contributed by atoms with Crippen molar-refractivity contribution in [1.82, 2.24) is 19.7 Å². The number of imidazole rings is 1. The first-order valence-corrected chi connectivity index (χ1v) is 6.75. The van der Waals surface area contributed by atoms with E-state index < -0.39 is 17.0 Å². The molecule has 3 aromatic rings. The summed E-state index contributed by atoms with van der Waals surface area (Å²) in [6.07, 6.45) is 1.56. The number of rotatable bonds is 3. The molecule has 0 aliphatic heterocycles. The number of hydrogen-bond donors (Lipinski definition) is 0. The minimum atomic E-state index is -0.707. The Hall–Kier alpha value is -2.08. The number of benzene rings is 1. The van der Waals surface area contributed by atoms with Gasteiger partial charge in [0.2, 0.25) is 0 Å². The summed E-state index contributed by atoms with van der Waals surface area (Å²) in [6, 6.07) is 5.57. The molecule has 21 heavy (non-hydrogen) atoms. The van der Waals surface area contributed by atoms with Crippen LogP contribution in [0.3, 0.4) is 0 Å². The van der Waals surface area contributed by atoms with Gasteiger partial charge < -0.3 is 4.57 Å². The summed E-state index contributed by atoms with van der Waals surface area (Å²) in [4.78, 5) is 4.19. The minimum Gasteiger partial charge on any atom is -0.320 e. The number of alkyl halides is 1. The van der Waals surface area contributed by atoms with Gasteiger partial charge >= 0.3 is 0 Å². The second-order valence-corrected chi connectivity index (χ2v) is 5.30. The number of aromatic nitrogens is 4. The van der Waals surface area contributed by atoms with E-state index in [0.717, 1.165) is 6.07 Å². The standard InChI is InChI=1S/C14H11ClF2N4/c1-8(15)14-19-13-11(17)5-9(16)6-12(13)21(14)7-10-3-2-4-18-20-10/h2-6,8H,7H2,1H3. The summed E-state index contributed by atoms with van der Waals surface area (Å²) in [5.74, 6) is -0.905. The van der Waals surface area contributed by atoms with Gasteiger partial charge in [0.05, 0.1) is 23.1 Å². The zero-order valence-electron chi connectivity index (χ0n) is 11.1. The summed E-state index contributed by atoms with van der Waals surface area (Å²) in [5, 5.41) is 7.32. The van der Waals surface area contributed by atoms with Crippen LogP contribution in [-0.4, -0.2) is 19.7 Å². The Labute approximate surface area is 124 Å². The van der Waals surface area contributed by atoms with Crippen molar-refractivity contribution < 1.29 is 8.78 Å². The number of hydrogen-bond acceptors (Lipinski definition) is 3. The van der Waals surface area contributed by atoms with Gasteiger partial charge in [-0.1, -0.05) is 0 Å². The maximum Gasteiger partial charge on any atom is 0.153 e. The number of nitrogens with zero attached hydrogens (tertiary/aromatic N) is 4. The Kier molecular flexibility index (Phi) is 3.55. The van der Waals surface area contributed by atoms with Crippen LogP contribution in [0.1, 0.15) is 23.8 Å². The maximum atomic E-state index is 13.9. The van der Waals surface area contributed by atoms with Crippen molar-refractivity contribution in [1.29, 1.82) is 0 Å². The van der Waals surface area contributed by atoms with Gasteiger partial charge in [-0.15, -0.1) is 11.6 Å². The third-order valence-electron chi connectivity index (χ3n) is 3.11. The highest BCUT2D eigenvalue weighted by molar-refractivity contribution is 6.20. The van der Waals surface area contributed by atoms with E-state index in [4.69, 9.17) is 11.6 Å². The number of fused-ring (bicyclic) bond motifs is 1. The lowest BCUT2D eigenvalue weighted by Gasteiger charge is -2.09. The quantitative estimate of drug-likeness (QED) is 0.696.